The Labute approximate surface area is 101 Å². The summed E-state index contributed by atoms with van der Waals surface area (Å²) in [6.45, 7) is 0. The molecule has 2 rings (SSSR count). The van der Waals surface area contributed by atoms with E-state index in [-0.39, 0.29) is 11.9 Å². The third kappa shape index (κ3) is 2.91. The molecule has 2 aromatic heterocycles. The molecule has 0 aliphatic rings. The van der Waals surface area contributed by atoms with Crippen molar-refractivity contribution in [3.63, 3.8) is 0 Å². The fraction of sp³-hybridized carbons (Fsp3) is 0.125. The van der Waals surface area contributed by atoms with E-state index in [1.807, 2.05) is 0 Å². The van der Waals surface area contributed by atoms with Crippen LogP contribution in [0.25, 0.3) is 0 Å². The van der Waals surface area contributed by atoms with Crippen molar-refractivity contribution in [2.75, 3.05) is 17.2 Å². The van der Waals surface area contributed by atoms with Gasteiger partial charge in [0.1, 0.15) is 10.9 Å². The van der Waals surface area contributed by atoms with Crippen LogP contribution in [0.3, 0.4) is 0 Å². The normalized spacial score (nSPS) is 10.4. The van der Waals surface area contributed by atoms with Gasteiger partial charge in [0.25, 0.3) is 0 Å². The van der Waals surface area contributed by atoms with Crippen LogP contribution < -0.4 is 17.2 Å². The molecule has 88 valence electrons. The van der Waals surface area contributed by atoms with Crippen LogP contribution in [0.4, 0.5) is 17.7 Å². The van der Waals surface area contributed by atoms with Gasteiger partial charge < -0.3 is 17.2 Å². The Hall–Kier alpha value is -2.16. The Kier molecular flexibility index (Phi) is 3.19. The van der Waals surface area contributed by atoms with Crippen molar-refractivity contribution in [2.45, 2.75) is 10.8 Å². The number of nitrogens with zero attached hydrogens (tertiary/aromatic N) is 5. The van der Waals surface area contributed by atoms with Crippen molar-refractivity contribution in [1.29, 1.82) is 0 Å². The Balaban J connectivity index is 2.10. The summed E-state index contributed by atoms with van der Waals surface area (Å²) in [6, 6.07) is 0. The van der Waals surface area contributed by atoms with Gasteiger partial charge in [0, 0.05) is 12.4 Å². The largest absolute Gasteiger partial charge is 0.381 e. The first-order valence-electron chi connectivity index (χ1n) is 4.60. The molecule has 0 fully saturated rings. The van der Waals surface area contributed by atoms with Gasteiger partial charge in [0.2, 0.25) is 11.9 Å². The molecule has 0 aliphatic carbocycles. The molecule has 0 bridgehead atoms. The van der Waals surface area contributed by atoms with Gasteiger partial charge in [-0.15, -0.1) is 0 Å². The van der Waals surface area contributed by atoms with Gasteiger partial charge in [-0.3, -0.25) is 0 Å². The summed E-state index contributed by atoms with van der Waals surface area (Å²) in [6.07, 6.45) is 3.09. The maximum atomic E-state index is 5.65. The molecule has 0 atom stereocenters. The van der Waals surface area contributed by atoms with Crippen molar-refractivity contribution in [3.8, 4) is 0 Å². The van der Waals surface area contributed by atoms with Crippen molar-refractivity contribution in [3.05, 3.63) is 18.2 Å². The fourth-order valence-corrected chi connectivity index (χ4v) is 1.83. The smallest absolute Gasteiger partial charge is 0.225 e. The molecule has 0 spiro atoms. The molecule has 6 N–H and O–H groups in total. The van der Waals surface area contributed by atoms with Gasteiger partial charge in [-0.2, -0.15) is 15.0 Å². The van der Waals surface area contributed by atoms with E-state index in [2.05, 4.69) is 24.9 Å². The zero-order chi connectivity index (χ0) is 12.3. The Morgan fingerprint density at radius 2 is 1.59 bits per heavy atom. The van der Waals surface area contributed by atoms with Gasteiger partial charge in [0.15, 0.2) is 5.82 Å². The Morgan fingerprint density at radius 1 is 0.941 bits per heavy atom. The lowest BCUT2D eigenvalue weighted by molar-refractivity contribution is 0.983. The van der Waals surface area contributed by atoms with Crippen molar-refractivity contribution >= 4 is 29.5 Å². The number of nitrogens with two attached hydrogens (primary N) is 3. The van der Waals surface area contributed by atoms with E-state index >= 15 is 0 Å². The minimum absolute atomic E-state index is 0.0974. The number of hydrogen-bond donors (Lipinski definition) is 3. The molecule has 9 heteroatoms. The van der Waals surface area contributed by atoms with Crippen LogP contribution in [0.15, 0.2) is 17.4 Å². The van der Waals surface area contributed by atoms with Crippen LogP contribution in [-0.2, 0) is 5.75 Å². The van der Waals surface area contributed by atoms with E-state index < -0.39 is 0 Å². The second kappa shape index (κ2) is 4.78. The maximum absolute atomic E-state index is 5.65. The summed E-state index contributed by atoms with van der Waals surface area (Å²) in [5, 5.41) is 0.616. The lowest BCUT2D eigenvalue weighted by Crippen LogP contribution is -2.06. The van der Waals surface area contributed by atoms with Crippen LogP contribution in [0, 0.1) is 0 Å². The average Bonchev–Trinajstić information content (AvgIpc) is 2.27. The maximum Gasteiger partial charge on any atom is 0.225 e. The topological polar surface area (TPSA) is 143 Å². The van der Waals surface area contributed by atoms with Gasteiger partial charge >= 0.3 is 0 Å². The lowest BCUT2D eigenvalue weighted by atomic mass is 10.7. The average molecular weight is 250 g/mol. The molecular formula is C8H10N8S. The highest BCUT2D eigenvalue weighted by Gasteiger charge is 2.06. The summed E-state index contributed by atoms with van der Waals surface area (Å²) in [4.78, 5) is 19.6. The molecule has 2 heterocycles. The second-order valence-corrected chi connectivity index (χ2v) is 3.97. The zero-order valence-corrected chi connectivity index (χ0v) is 9.55. The molecule has 0 saturated heterocycles. The first-order chi connectivity index (χ1) is 8.15. The number of thioether (sulfide) groups is 1. The van der Waals surface area contributed by atoms with Gasteiger partial charge in [-0.05, 0) is 0 Å². The summed E-state index contributed by atoms with van der Waals surface area (Å²) in [7, 11) is 0. The second-order valence-electron chi connectivity index (χ2n) is 3.00. The quantitative estimate of drug-likeness (QED) is 0.625. The molecule has 8 nitrogen and oxygen atoms in total. The monoisotopic (exact) mass is 250 g/mol. The third-order valence-electron chi connectivity index (χ3n) is 1.75. The zero-order valence-electron chi connectivity index (χ0n) is 8.74. The van der Waals surface area contributed by atoms with Gasteiger partial charge in [-0.25, -0.2) is 9.97 Å². The first-order valence-corrected chi connectivity index (χ1v) is 5.59. The number of rotatable bonds is 3. The first kappa shape index (κ1) is 11.3. The van der Waals surface area contributed by atoms with Crippen LogP contribution in [0.1, 0.15) is 5.82 Å². The lowest BCUT2D eigenvalue weighted by Gasteiger charge is -2.03. The Bertz CT molecular complexity index is 510. The molecule has 2 aromatic rings. The number of hydrogen-bond acceptors (Lipinski definition) is 9. The van der Waals surface area contributed by atoms with Gasteiger partial charge in [0.05, 0.1) is 5.75 Å². The predicted molar refractivity (Wildman–Crippen MR) is 64.7 cm³/mol. The molecule has 0 radical (unpaired) electrons. The molecule has 0 aliphatic heterocycles. The Morgan fingerprint density at radius 3 is 2.24 bits per heavy atom. The highest BCUT2D eigenvalue weighted by atomic mass is 32.2. The van der Waals surface area contributed by atoms with E-state index in [4.69, 9.17) is 17.2 Å². The molecule has 0 amide bonds. The van der Waals surface area contributed by atoms with Crippen LogP contribution in [-0.4, -0.2) is 24.9 Å². The highest BCUT2D eigenvalue weighted by Crippen LogP contribution is 2.22. The molecular weight excluding hydrogens is 240 g/mol. The molecule has 0 saturated carbocycles. The number of nitrogen functional groups attached to an aromatic ring is 3. The van der Waals surface area contributed by atoms with Crippen LogP contribution in [0.5, 0.6) is 0 Å². The van der Waals surface area contributed by atoms with Crippen molar-refractivity contribution in [2.24, 2.45) is 0 Å². The van der Waals surface area contributed by atoms with Crippen molar-refractivity contribution < 1.29 is 0 Å². The summed E-state index contributed by atoms with van der Waals surface area (Å²) in [5.74, 6) is 1.48. The fourth-order valence-electron chi connectivity index (χ4n) is 1.10. The SMILES string of the molecule is Nc1nc(N)nc(CSc2nccnc2N)n1. The molecule has 0 unspecified atom stereocenters. The minimum atomic E-state index is 0.0974. The van der Waals surface area contributed by atoms with Crippen LogP contribution >= 0.6 is 11.8 Å². The molecule has 0 aromatic carbocycles. The van der Waals surface area contributed by atoms with Crippen molar-refractivity contribution in [1.82, 2.24) is 24.9 Å². The van der Waals surface area contributed by atoms with E-state index in [0.29, 0.717) is 22.4 Å². The highest BCUT2D eigenvalue weighted by molar-refractivity contribution is 7.98. The van der Waals surface area contributed by atoms with Gasteiger partial charge in [-0.1, -0.05) is 11.8 Å². The number of anilines is 3. The molecule has 17 heavy (non-hydrogen) atoms. The minimum Gasteiger partial charge on any atom is -0.381 e. The standard InChI is InChI=1S/C8H10N8S/c9-5-6(13-2-1-12-5)17-3-4-14-7(10)16-8(11)15-4/h1-2H,3H2,(H2,9,12)(H4,10,11,14,15,16). The van der Waals surface area contributed by atoms with Crippen LogP contribution in [0.2, 0.25) is 0 Å². The van der Waals surface area contributed by atoms with E-state index in [0.717, 1.165) is 0 Å². The predicted octanol–water partition coefficient (Wildman–Crippen LogP) is -0.300. The summed E-state index contributed by atoms with van der Waals surface area (Å²) in [5.41, 5.74) is 16.6. The number of aromatic nitrogens is 5. The van der Waals surface area contributed by atoms with E-state index in [1.54, 1.807) is 6.20 Å². The summed E-state index contributed by atoms with van der Waals surface area (Å²) < 4.78 is 0. The van der Waals surface area contributed by atoms with E-state index in [9.17, 15) is 0 Å². The van der Waals surface area contributed by atoms with E-state index in [1.165, 1.54) is 18.0 Å². The third-order valence-corrected chi connectivity index (χ3v) is 2.74. The summed E-state index contributed by atoms with van der Waals surface area (Å²) >= 11 is 1.36.